The van der Waals surface area contributed by atoms with Gasteiger partial charge in [0.25, 0.3) is 5.91 Å². The summed E-state index contributed by atoms with van der Waals surface area (Å²) in [5, 5.41) is 21.4. The lowest BCUT2D eigenvalue weighted by molar-refractivity contribution is 0.0966. The number of carbonyl (C=O) groups excluding carboxylic acids is 1. The highest BCUT2D eigenvalue weighted by Gasteiger charge is 2.31. The molecule has 30 heavy (non-hydrogen) atoms. The number of fused-ring (bicyclic) bond motifs is 1. The fourth-order valence-electron chi connectivity index (χ4n) is 4.14. The second kappa shape index (κ2) is 8.51. The molecule has 1 aliphatic heterocycles. The van der Waals surface area contributed by atoms with Crippen molar-refractivity contribution in [2.45, 2.75) is 51.2 Å². The summed E-state index contributed by atoms with van der Waals surface area (Å²) in [6.45, 7) is 2.42. The van der Waals surface area contributed by atoms with Crippen molar-refractivity contribution in [3.8, 4) is 0 Å². The summed E-state index contributed by atoms with van der Waals surface area (Å²) in [4.78, 5) is 28.4. The third-order valence-electron chi connectivity index (χ3n) is 5.57. The summed E-state index contributed by atoms with van der Waals surface area (Å²) in [6.07, 6.45) is 2.60. The van der Waals surface area contributed by atoms with Crippen molar-refractivity contribution in [3.05, 3.63) is 45.4 Å². The molecule has 1 fully saturated rings. The first-order chi connectivity index (χ1) is 14.4. The first kappa shape index (κ1) is 20.5. The molecule has 0 saturated heterocycles. The van der Waals surface area contributed by atoms with Crippen LogP contribution in [0, 0.1) is 6.92 Å². The number of hydrogen-bond donors (Lipinski definition) is 5. The smallest absolute Gasteiger partial charge is 0.404 e. The number of halogens is 1. The SMILES string of the molecule is Cc1cccc(Nc2nc(N[C@@H]3CCCC[C@@H]3NC(=O)O)c(Br)c3c2C(=O)NC3)c1. The van der Waals surface area contributed by atoms with Gasteiger partial charge in [-0.05, 0) is 53.4 Å². The van der Waals surface area contributed by atoms with E-state index in [9.17, 15) is 14.7 Å². The Kier molecular flexibility index (Phi) is 5.80. The molecule has 2 amide bonds. The van der Waals surface area contributed by atoms with Gasteiger partial charge in [0.05, 0.1) is 16.1 Å². The molecule has 2 atom stereocenters. The zero-order chi connectivity index (χ0) is 21.3. The molecule has 0 bridgehead atoms. The molecular weight excluding hydrogens is 450 g/mol. The number of hydrogen-bond acceptors (Lipinski definition) is 5. The van der Waals surface area contributed by atoms with E-state index in [4.69, 9.17) is 4.98 Å². The number of nitrogens with zero attached hydrogens (tertiary/aromatic N) is 1. The molecular formula is C21H24BrN5O3. The number of carboxylic acid groups (broad SMARTS) is 1. The lowest BCUT2D eigenvalue weighted by Gasteiger charge is -2.32. The third kappa shape index (κ3) is 4.21. The monoisotopic (exact) mass is 473 g/mol. The summed E-state index contributed by atoms with van der Waals surface area (Å²) in [7, 11) is 0. The number of benzene rings is 1. The topological polar surface area (TPSA) is 115 Å². The van der Waals surface area contributed by atoms with Crippen molar-refractivity contribution in [1.82, 2.24) is 15.6 Å². The van der Waals surface area contributed by atoms with Crippen molar-refractivity contribution in [2.75, 3.05) is 10.6 Å². The number of nitrogens with one attached hydrogen (secondary N) is 4. The molecule has 2 aliphatic rings. The minimum absolute atomic E-state index is 0.0754. The molecule has 1 saturated carbocycles. The van der Waals surface area contributed by atoms with Gasteiger partial charge in [-0.1, -0.05) is 25.0 Å². The Morgan fingerprint density at radius 3 is 2.73 bits per heavy atom. The van der Waals surface area contributed by atoms with Crippen molar-refractivity contribution in [2.24, 2.45) is 0 Å². The van der Waals surface area contributed by atoms with Crippen LogP contribution in [0.2, 0.25) is 0 Å². The molecule has 1 aliphatic carbocycles. The van der Waals surface area contributed by atoms with E-state index < -0.39 is 6.09 Å². The van der Waals surface area contributed by atoms with Crippen molar-refractivity contribution >= 4 is 45.3 Å². The molecule has 0 spiro atoms. The normalized spacial score (nSPS) is 20.3. The summed E-state index contributed by atoms with van der Waals surface area (Å²) < 4.78 is 0.727. The summed E-state index contributed by atoms with van der Waals surface area (Å²) in [5.41, 5.74) is 3.31. The highest BCUT2D eigenvalue weighted by molar-refractivity contribution is 9.10. The number of amides is 2. The lowest BCUT2D eigenvalue weighted by atomic mass is 9.90. The molecule has 8 nitrogen and oxygen atoms in total. The Bertz CT molecular complexity index is 997. The maximum Gasteiger partial charge on any atom is 0.404 e. The van der Waals surface area contributed by atoms with Crippen LogP contribution in [0.25, 0.3) is 0 Å². The van der Waals surface area contributed by atoms with Crippen LogP contribution in [0.3, 0.4) is 0 Å². The number of rotatable bonds is 5. The van der Waals surface area contributed by atoms with Crippen molar-refractivity contribution < 1.29 is 14.7 Å². The Morgan fingerprint density at radius 2 is 2.00 bits per heavy atom. The minimum atomic E-state index is -1.02. The predicted molar refractivity (Wildman–Crippen MR) is 118 cm³/mol. The van der Waals surface area contributed by atoms with E-state index >= 15 is 0 Å². The molecule has 0 radical (unpaired) electrons. The quantitative estimate of drug-likeness (QED) is 0.445. The number of aryl methyl sites for hydroxylation is 1. The molecule has 158 valence electrons. The van der Waals surface area contributed by atoms with Gasteiger partial charge < -0.3 is 26.4 Å². The van der Waals surface area contributed by atoms with Crippen LogP contribution in [0.5, 0.6) is 0 Å². The second-order valence-corrected chi connectivity index (χ2v) is 8.54. The summed E-state index contributed by atoms with van der Waals surface area (Å²) >= 11 is 3.61. The van der Waals surface area contributed by atoms with Gasteiger partial charge in [-0.25, -0.2) is 9.78 Å². The molecule has 2 aromatic rings. The Morgan fingerprint density at radius 1 is 1.23 bits per heavy atom. The molecule has 4 rings (SSSR count). The largest absolute Gasteiger partial charge is 0.465 e. The maximum atomic E-state index is 12.5. The second-order valence-electron chi connectivity index (χ2n) is 7.74. The molecule has 2 heterocycles. The predicted octanol–water partition coefficient (Wildman–Crippen LogP) is 4.13. The molecule has 0 unspecified atom stereocenters. The number of pyridine rings is 1. The van der Waals surface area contributed by atoms with Crippen LogP contribution in [-0.2, 0) is 6.54 Å². The highest BCUT2D eigenvalue weighted by Crippen LogP contribution is 2.37. The van der Waals surface area contributed by atoms with Gasteiger partial charge in [0.1, 0.15) is 11.6 Å². The van der Waals surface area contributed by atoms with Crippen LogP contribution in [-0.4, -0.2) is 34.2 Å². The van der Waals surface area contributed by atoms with E-state index in [-0.39, 0.29) is 18.0 Å². The van der Waals surface area contributed by atoms with Crippen LogP contribution < -0.4 is 21.3 Å². The van der Waals surface area contributed by atoms with Gasteiger partial charge in [-0.15, -0.1) is 0 Å². The standard InChI is InChI=1S/C21H24BrN5O3/c1-11-5-4-6-12(9-11)24-18-16-13(10-23-20(16)28)17(22)19(27-18)25-14-7-2-3-8-15(14)26-21(29)30/h4-6,9,14-15,26H,2-3,7-8,10H2,1H3,(H,23,28)(H,29,30)(H2,24,25,27)/t14-,15+/m1/s1. The average molecular weight is 474 g/mol. The molecule has 1 aromatic carbocycles. The number of carbonyl (C=O) groups is 2. The Hall–Kier alpha value is -2.81. The maximum absolute atomic E-state index is 12.5. The van der Waals surface area contributed by atoms with E-state index in [1.165, 1.54) is 0 Å². The van der Waals surface area contributed by atoms with Gasteiger partial charge in [-0.3, -0.25) is 4.79 Å². The van der Waals surface area contributed by atoms with E-state index in [1.54, 1.807) is 0 Å². The van der Waals surface area contributed by atoms with Gasteiger partial charge in [0.15, 0.2) is 0 Å². The van der Waals surface area contributed by atoms with E-state index in [2.05, 4.69) is 37.2 Å². The van der Waals surface area contributed by atoms with Gasteiger partial charge in [0, 0.05) is 23.8 Å². The van der Waals surface area contributed by atoms with Crippen LogP contribution in [0.4, 0.5) is 22.1 Å². The van der Waals surface area contributed by atoms with E-state index in [0.717, 1.165) is 47.0 Å². The van der Waals surface area contributed by atoms with E-state index in [0.29, 0.717) is 23.7 Å². The fraction of sp³-hybridized carbons (Fsp3) is 0.381. The first-order valence-electron chi connectivity index (χ1n) is 10.0. The van der Waals surface area contributed by atoms with Gasteiger partial charge in [-0.2, -0.15) is 0 Å². The van der Waals surface area contributed by atoms with Crippen LogP contribution >= 0.6 is 15.9 Å². The van der Waals surface area contributed by atoms with E-state index in [1.807, 2.05) is 31.2 Å². The zero-order valence-corrected chi connectivity index (χ0v) is 18.2. The highest BCUT2D eigenvalue weighted by atomic mass is 79.9. The molecule has 9 heteroatoms. The molecule has 1 aromatic heterocycles. The summed E-state index contributed by atoms with van der Waals surface area (Å²) in [5.74, 6) is 0.919. The molecule has 5 N–H and O–H groups in total. The minimum Gasteiger partial charge on any atom is -0.465 e. The third-order valence-corrected chi connectivity index (χ3v) is 6.42. The van der Waals surface area contributed by atoms with Crippen LogP contribution in [0.1, 0.15) is 47.2 Å². The average Bonchev–Trinajstić information content (AvgIpc) is 3.09. The fourth-order valence-corrected chi connectivity index (χ4v) is 4.68. The van der Waals surface area contributed by atoms with Gasteiger partial charge >= 0.3 is 6.09 Å². The van der Waals surface area contributed by atoms with Gasteiger partial charge in [0.2, 0.25) is 0 Å². The summed E-state index contributed by atoms with van der Waals surface area (Å²) in [6, 6.07) is 7.60. The lowest BCUT2D eigenvalue weighted by Crippen LogP contribution is -2.48. The first-order valence-corrected chi connectivity index (χ1v) is 10.8. The van der Waals surface area contributed by atoms with Crippen molar-refractivity contribution in [3.63, 3.8) is 0 Å². The van der Waals surface area contributed by atoms with Crippen molar-refractivity contribution in [1.29, 1.82) is 0 Å². The number of aromatic nitrogens is 1. The zero-order valence-electron chi connectivity index (χ0n) is 16.6. The Balaban J connectivity index is 1.68. The number of anilines is 3. The van der Waals surface area contributed by atoms with Crippen LogP contribution in [0.15, 0.2) is 28.7 Å². The Labute approximate surface area is 183 Å².